The van der Waals surface area contributed by atoms with E-state index in [-0.39, 0.29) is 0 Å². The Hall–Kier alpha value is -0.600. The maximum absolute atomic E-state index is 3.77. The first-order valence-electron chi connectivity index (χ1n) is 5.76. The van der Waals surface area contributed by atoms with Crippen LogP contribution in [0.3, 0.4) is 0 Å². The van der Waals surface area contributed by atoms with E-state index >= 15 is 0 Å². The fraction of sp³-hybridized carbons (Fsp3) is 0.667. The molecule has 0 saturated carbocycles. The third kappa shape index (κ3) is 1.17. The van der Waals surface area contributed by atoms with Gasteiger partial charge in [0, 0.05) is 5.54 Å². The number of allylic oxidation sites excluding steroid dienone is 2. The van der Waals surface area contributed by atoms with Crippen molar-refractivity contribution in [2.75, 3.05) is 19.6 Å². The Labute approximate surface area is 85.5 Å². The molecule has 2 N–H and O–H groups in total. The van der Waals surface area contributed by atoms with Crippen LogP contribution in [-0.2, 0) is 0 Å². The average Bonchev–Trinajstić information content (AvgIpc) is 2.69. The fourth-order valence-electron chi connectivity index (χ4n) is 3.16. The van der Waals surface area contributed by atoms with Crippen LogP contribution in [0.15, 0.2) is 23.3 Å². The molecule has 1 spiro atoms. The molecule has 1 aliphatic carbocycles. The smallest absolute Gasteiger partial charge is 0.0427 e. The Balaban J connectivity index is 1.94. The van der Waals surface area contributed by atoms with Crippen molar-refractivity contribution in [2.24, 2.45) is 0 Å². The van der Waals surface area contributed by atoms with Crippen molar-refractivity contribution in [2.45, 2.75) is 31.2 Å². The van der Waals surface area contributed by atoms with E-state index in [1.54, 1.807) is 11.1 Å². The molecule has 0 aromatic heterocycles. The lowest BCUT2D eigenvalue weighted by Gasteiger charge is -2.43. The molecule has 3 aliphatic rings. The number of hydrogen-bond donors (Lipinski definition) is 2. The summed E-state index contributed by atoms with van der Waals surface area (Å²) < 4.78 is 0. The highest BCUT2D eigenvalue weighted by atomic mass is 15.0. The number of piperidine rings is 1. The van der Waals surface area contributed by atoms with Crippen molar-refractivity contribution >= 4 is 0 Å². The van der Waals surface area contributed by atoms with Gasteiger partial charge in [0.25, 0.3) is 0 Å². The molecule has 2 aliphatic heterocycles. The van der Waals surface area contributed by atoms with Gasteiger partial charge in [-0.25, -0.2) is 0 Å². The lowest BCUT2D eigenvalue weighted by Crippen LogP contribution is -2.55. The van der Waals surface area contributed by atoms with Crippen molar-refractivity contribution < 1.29 is 0 Å². The molecule has 1 saturated heterocycles. The Morgan fingerprint density at radius 1 is 1.14 bits per heavy atom. The third-order valence-electron chi connectivity index (χ3n) is 3.92. The molecule has 0 unspecified atom stereocenters. The number of hydrogen-bond acceptors (Lipinski definition) is 2. The van der Waals surface area contributed by atoms with Crippen LogP contribution in [0.1, 0.15) is 25.7 Å². The summed E-state index contributed by atoms with van der Waals surface area (Å²) in [6.07, 6.45) is 9.66. The van der Waals surface area contributed by atoms with Crippen molar-refractivity contribution in [1.82, 2.24) is 10.6 Å². The van der Waals surface area contributed by atoms with Gasteiger partial charge in [0.1, 0.15) is 0 Å². The third-order valence-corrected chi connectivity index (χ3v) is 3.92. The maximum Gasteiger partial charge on any atom is 0.0427 e. The van der Waals surface area contributed by atoms with Crippen LogP contribution in [0, 0.1) is 0 Å². The van der Waals surface area contributed by atoms with Gasteiger partial charge in [-0.15, -0.1) is 0 Å². The molecule has 2 heteroatoms. The van der Waals surface area contributed by atoms with Gasteiger partial charge in [0.15, 0.2) is 0 Å². The molecular weight excluding hydrogens is 172 g/mol. The SMILES string of the molecule is C1=CC2=C(C1)C1(CCNCC1)NCC2. The summed E-state index contributed by atoms with van der Waals surface area (Å²) in [5.74, 6) is 0. The number of nitrogens with one attached hydrogen (secondary N) is 2. The molecule has 0 atom stereocenters. The highest BCUT2D eigenvalue weighted by Gasteiger charge is 2.38. The first-order chi connectivity index (χ1) is 6.91. The molecule has 0 aromatic rings. The van der Waals surface area contributed by atoms with E-state index in [1.165, 1.54) is 45.3 Å². The number of rotatable bonds is 0. The molecule has 1 fully saturated rings. The normalized spacial score (nSPS) is 29.7. The molecule has 2 nitrogen and oxygen atoms in total. The largest absolute Gasteiger partial charge is 0.317 e. The van der Waals surface area contributed by atoms with Crippen LogP contribution >= 0.6 is 0 Å². The van der Waals surface area contributed by atoms with Gasteiger partial charge < -0.3 is 10.6 Å². The first kappa shape index (κ1) is 8.69. The highest BCUT2D eigenvalue weighted by molar-refractivity contribution is 5.43. The Morgan fingerprint density at radius 3 is 2.86 bits per heavy atom. The summed E-state index contributed by atoms with van der Waals surface area (Å²) in [5, 5.41) is 7.22. The van der Waals surface area contributed by atoms with E-state index in [0.29, 0.717) is 5.54 Å². The quantitative estimate of drug-likeness (QED) is 0.602. The van der Waals surface area contributed by atoms with Crippen molar-refractivity contribution in [3.05, 3.63) is 23.3 Å². The lowest BCUT2D eigenvalue weighted by molar-refractivity contribution is 0.273. The Kier molecular flexibility index (Phi) is 1.99. The predicted molar refractivity (Wildman–Crippen MR) is 58.2 cm³/mol. The van der Waals surface area contributed by atoms with Gasteiger partial charge in [0.2, 0.25) is 0 Å². The molecule has 14 heavy (non-hydrogen) atoms. The average molecular weight is 190 g/mol. The van der Waals surface area contributed by atoms with Crippen LogP contribution in [0.2, 0.25) is 0 Å². The molecule has 0 aromatic carbocycles. The molecule has 0 amide bonds. The monoisotopic (exact) mass is 190 g/mol. The van der Waals surface area contributed by atoms with E-state index in [9.17, 15) is 0 Å². The fourth-order valence-corrected chi connectivity index (χ4v) is 3.16. The zero-order valence-corrected chi connectivity index (χ0v) is 8.60. The minimum atomic E-state index is 0.363. The first-order valence-corrected chi connectivity index (χ1v) is 5.76. The van der Waals surface area contributed by atoms with Crippen molar-refractivity contribution in [3.8, 4) is 0 Å². The lowest BCUT2D eigenvalue weighted by atomic mass is 9.76. The summed E-state index contributed by atoms with van der Waals surface area (Å²) >= 11 is 0. The Morgan fingerprint density at radius 2 is 2.00 bits per heavy atom. The van der Waals surface area contributed by atoms with E-state index in [4.69, 9.17) is 0 Å². The summed E-state index contributed by atoms with van der Waals surface area (Å²) in [4.78, 5) is 0. The van der Waals surface area contributed by atoms with Gasteiger partial charge in [-0.2, -0.15) is 0 Å². The predicted octanol–water partition coefficient (Wildman–Crippen LogP) is 1.36. The van der Waals surface area contributed by atoms with Gasteiger partial charge in [-0.1, -0.05) is 12.2 Å². The second-order valence-electron chi connectivity index (χ2n) is 4.62. The standard InChI is InChI=1S/C12H18N2/c1-2-10-4-7-14-12(11(10)3-1)5-8-13-9-6-12/h1-2,13-14H,3-9H2. The molecule has 76 valence electrons. The van der Waals surface area contributed by atoms with Crippen LogP contribution in [0.25, 0.3) is 0 Å². The van der Waals surface area contributed by atoms with E-state index in [1.807, 2.05) is 0 Å². The van der Waals surface area contributed by atoms with E-state index in [2.05, 4.69) is 22.8 Å². The zero-order valence-electron chi connectivity index (χ0n) is 8.60. The van der Waals surface area contributed by atoms with Crippen molar-refractivity contribution in [1.29, 1.82) is 0 Å². The molecule has 3 rings (SSSR count). The summed E-state index contributed by atoms with van der Waals surface area (Å²) in [6.45, 7) is 3.51. The van der Waals surface area contributed by atoms with Crippen molar-refractivity contribution in [3.63, 3.8) is 0 Å². The van der Waals surface area contributed by atoms with Gasteiger partial charge in [-0.3, -0.25) is 0 Å². The molecule has 2 heterocycles. The van der Waals surface area contributed by atoms with Gasteiger partial charge in [0.05, 0.1) is 0 Å². The molecular formula is C12H18N2. The molecule has 0 radical (unpaired) electrons. The summed E-state index contributed by atoms with van der Waals surface area (Å²) in [5.41, 5.74) is 3.69. The summed E-state index contributed by atoms with van der Waals surface area (Å²) in [6, 6.07) is 0. The maximum atomic E-state index is 3.77. The molecule has 0 bridgehead atoms. The van der Waals surface area contributed by atoms with E-state index in [0.717, 1.165) is 0 Å². The minimum Gasteiger partial charge on any atom is -0.317 e. The summed E-state index contributed by atoms with van der Waals surface area (Å²) in [7, 11) is 0. The second-order valence-corrected chi connectivity index (χ2v) is 4.62. The van der Waals surface area contributed by atoms with Gasteiger partial charge >= 0.3 is 0 Å². The number of fused-ring (bicyclic) bond motifs is 1. The Bertz CT molecular complexity index is 295. The van der Waals surface area contributed by atoms with Crippen LogP contribution in [-0.4, -0.2) is 25.2 Å². The van der Waals surface area contributed by atoms with Crippen LogP contribution in [0.5, 0.6) is 0 Å². The topological polar surface area (TPSA) is 24.1 Å². The highest BCUT2D eigenvalue weighted by Crippen LogP contribution is 2.38. The zero-order chi connectivity index (χ0) is 9.43. The minimum absolute atomic E-state index is 0.363. The van der Waals surface area contributed by atoms with E-state index < -0.39 is 0 Å². The van der Waals surface area contributed by atoms with Crippen LogP contribution in [0.4, 0.5) is 0 Å². The van der Waals surface area contributed by atoms with Gasteiger partial charge in [-0.05, 0) is 56.5 Å². The van der Waals surface area contributed by atoms with Crippen LogP contribution < -0.4 is 10.6 Å². The second kappa shape index (κ2) is 3.21.